The van der Waals surface area contributed by atoms with E-state index in [1.54, 1.807) is 0 Å². The monoisotopic (exact) mass is 141 g/mol. The Morgan fingerprint density at radius 3 is 2.78 bits per heavy atom. The van der Waals surface area contributed by atoms with Gasteiger partial charge in [0.2, 0.25) is 0 Å². The topological polar surface area (TPSA) is 0 Å². The Morgan fingerprint density at radius 1 is 1.11 bits per heavy atom. The number of hydrogen-bond donors (Lipinski definition) is 0. The predicted molar refractivity (Wildman–Crippen MR) is 44.6 cm³/mol. The van der Waals surface area contributed by atoms with E-state index in [0.717, 1.165) is 6.42 Å². The zero-order chi connectivity index (χ0) is 6.53. The van der Waals surface area contributed by atoms with Crippen LogP contribution in [0.25, 0.3) is 0 Å². The van der Waals surface area contributed by atoms with Crippen LogP contribution in [0.3, 0.4) is 0 Å². The maximum Gasteiger partial charge on any atom is -0.00243 e. The number of thiocarbonyl (C=S) groups is 1. The van der Waals surface area contributed by atoms with Crippen molar-refractivity contribution in [1.29, 1.82) is 0 Å². The fourth-order valence-corrected chi connectivity index (χ4v) is 1.42. The van der Waals surface area contributed by atoms with E-state index in [1.807, 2.05) is 0 Å². The second-order valence-corrected chi connectivity index (χ2v) is 3.15. The van der Waals surface area contributed by atoms with E-state index >= 15 is 0 Å². The molecule has 0 aliphatic heterocycles. The Labute approximate surface area is 62.6 Å². The van der Waals surface area contributed by atoms with Gasteiger partial charge in [-0.15, -0.1) is 0 Å². The van der Waals surface area contributed by atoms with E-state index in [-0.39, 0.29) is 0 Å². The molecule has 0 aromatic carbocycles. The second-order valence-electron chi connectivity index (χ2n) is 2.62. The lowest BCUT2D eigenvalue weighted by atomic mass is 10.0. The van der Waals surface area contributed by atoms with Crippen molar-refractivity contribution in [3.63, 3.8) is 0 Å². The van der Waals surface area contributed by atoms with Crippen molar-refractivity contribution in [2.75, 3.05) is 0 Å². The van der Waals surface area contributed by atoms with E-state index in [4.69, 9.17) is 12.2 Å². The summed E-state index contributed by atoms with van der Waals surface area (Å²) in [5.74, 6) is 0. The van der Waals surface area contributed by atoms with Gasteiger partial charge in [0, 0.05) is 0 Å². The lowest BCUT2D eigenvalue weighted by molar-refractivity contribution is 0.641. The largest absolute Gasteiger partial charge is 0.0894 e. The molecule has 0 amide bonds. The molecule has 0 heterocycles. The van der Waals surface area contributed by atoms with E-state index < -0.39 is 0 Å². The molecule has 51 valence electrons. The lowest BCUT2D eigenvalue weighted by Gasteiger charge is -2.07. The summed E-state index contributed by atoms with van der Waals surface area (Å²) in [6.07, 6.45) is 10.0. The Bertz CT molecular complexity index is 86.7. The van der Waals surface area contributed by atoms with Crippen LogP contribution in [0.2, 0.25) is 0 Å². The van der Waals surface area contributed by atoms with Crippen LogP contribution in [0, 0.1) is 6.42 Å². The molecule has 1 heteroatoms. The van der Waals surface area contributed by atoms with Crippen molar-refractivity contribution in [1.82, 2.24) is 0 Å². The van der Waals surface area contributed by atoms with Gasteiger partial charge in [0.15, 0.2) is 0 Å². The normalized spacial score (nSPS) is 22.9. The van der Waals surface area contributed by atoms with Gasteiger partial charge in [0.1, 0.15) is 0 Å². The SMILES string of the molecule is S=C1[CH]CCCCCC1. The summed E-state index contributed by atoms with van der Waals surface area (Å²) in [5, 5.41) is 0. The molecule has 0 spiro atoms. The molecule has 1 fully saturated rings. The van der Waals surface area contributed by atoms with Gasteiger partial charge in [-0.05, 0) is 30.5 Å². The first-order valence-electron chi connectivity index (χ1n) is 3.75. The highest BCUT2D eigenvalue weighted by Gasteiger charge is 2.01. The highest BCUT2D eigenvalue weighted by Crippen LogP contribution is 2.13. The molecule has 1 saturated carbocycles. The quantitative estimate of drug-likeness (QED) is 0.467. The predicted octanol–water partition coefficient (Wildman–Crippen LogP) is 2.91. The molecule has 1 aliphatic rings. The van der Waals surface area contributed by atoms with Crippen LogP contribution in [0.4, 0.5) is 0 Å². The summed E-state index contributed by atoms with van der Waals surface area (Å²) in [6.45, 7) is 0. The maximum atomic E-state index is 5.10. The van der Waals surface area contributed by atoms with Gasteiger partial charge in [-0.25, -0.2) is 0 Å². The first-order valence-corrected chi connectivity index (χ1v) is 4.16. The minimum atomic E-state index is 1.16. The summed E-state index contributed by atoms with van der Waals surface area (Å²) in [6, 6.07) is 0. The molecule has 1 rings (SSSR count). The molecule has 1 aliphatic carbocycles. The first kappa shape index (κ1) is 7.20. The van der Waals surface area contributed by atoms with E-state index in [9.17, 15) is 0 Å². The molecule has 0 aromatic rings. The molecular weight excluding hydrogens is 128 g/mol. The molecule has 9 heavy (non-hydrogen) atoms. The molecule has 0 atom stereocenters. The highest BCUT2D eigenvalue weighted by atomic mass is 32.1. The van der Waals surface area contributed by atoms with Crippen LogP contribution >= 0.6 is 12.2 Å². The number of rotatable bonds is 0. The maximum absolute atomic E-state index is 5.10. The Hall–Kier alpha value is 0.0900. The van der Waals surface area contributed by atoms with E-state index in [2.05, 4.69) is 6.42 Å². The lowest BCUT2D eigenvalue weighted by Crippen LogP contribution is -1.98. The molecule has 0 nitrogen and oxygen atoms in total. The molecular formula is C8H13S. The fourth-order valence-electron chi connectivity index (χ4n) is 1.16. The van der Waals surface area contributed by atoms with Crippen LogP contribution in [0.1, 0.15) is 38.5 Å². The third-order valence-electron chi connectivity index (χ3n) is 1.75. The molecule has 1 radical (unpaired) electrons. The molecule has 0 bridgehead atoms. The first-order chi connectivity index (χ1) is 4.39. The van der Waals surface area contributed by atoms with Crippen LogP contribution in [0.5, 0.6) is 0 Å². The standard InChI is InChI=1S/C8H13S/c9-8-6-4-2-1-3-5-7-8/h6H,1-5,7H2. The average Bonchev–Trinajstić information content (AvgIpc) is 1.79. The van der Waals surface area contributed by atoms with Crippen molar-refractivity contribution in [2.45, 2.75) is 38.5 Å². The molecule has 0 aromatic heterocycles. The fraction of sp³-hybridized carbons (Fsp3) is 0.750. The number of hydrogen-bond acceptors (Lipinski definition) is 1. The van der Waals surface area contributed by atoms with Crippen LogP contribution in [-0.2, 0) is 0 Å². The van der Waals surface area contributed by atoms with Gasteiger partial charge in [-0.1, -0.05) is 31.5 Å². The van der Waals surface area contributed by atoms with Crippen molar-refractivity contribution in [3.05, 3.63) is 6.42 Å². The van der Waals surface area contributed by atoms with E-state index in [1.165, 1.54) is 37.0 Å². The molecule has 0 N–H and O–H groups in total. The third-order valence-corrected chi connectivity index (χ3v) is 2.12. The third kappa shape index (κ3) is 2.95. The van der Waals surface area contributed by atoms with Gasteiger partial charge < -0.3 is 0 Å². The van der Waals surface area contributed by atoms with Gasteiger partial charge in [-0.2, -0.15) is 0 Å². The van der Waals surface area contributed by atoms with Crippen LogP contribution in [-0.4, -0.2) is 4.86 Å². The molecule has 0 unspecified atom stereocenters. The van der Waals surface area contributed by atoms with Crippen molar-refractivity contribution >= 4 is 17.1 Å². The summed E-state index contributed by atoms with van der Waals surface area (Å²) < 4.78 is 0. The summed E-state index contributed by atoms with van der Waals surface area (Å²) in [5.41, 5.74) is 0. The minimum Gasteiger partial charge on any atom is -0.0894 e. The van der Waals surface area contributed by atoms with Gasteiger partial charge in [0.05, 0.1) is 0 Å². The van der Waals surface area contributed by atoms with Crippen molar-refractivity contribution < 1.29 is 0 Å². The average molecular weight is 141 g/mol. The van der Waals surface area contributed by atoms with Gasteiger partial charge in [0.25, 0.3) is 0 Å². The Kier molecular flexibility index (Phi) is 3.20. The van der Waals surface area contributed by atoms with Crippen molar-refractivity contribution in [3.8, 4) is 0 Å². The summed E-state index contributed by atoms with van der Waals surface area (Å²) in [4.78, 5) is 1.19. The molecule has 0 saturated heterocycles. The minimum absolute atomic E-state index is 1.16. The smallest absolute Gasteiger partial charge is 0.00243 e. The second kappa shape index (κ2) is 3.99. The van der Waals surface area contributed by atoms with Gasteiger partial charge >= 0.3 is 0 Å². The zero-order valence-corrected chi connectivity index (χ0v) is 6.54. The van der Waals surface area contributed by atoms with Crippen LogP contribution in [0.15, 0.2) is 0 Å². The summed E-state index contributed by atoms with van der Waals surface area (Å²) >= 11 is 5.10. The Morgan fingerprint density at radius 2 is 1.89 bits per heavy atom. The summed E-state index contributed by atoms with van der Waals surface area (Å²) in [7, 11) is 0. The van der Waals surface area contributed by atoms with E-state index in [0.29, 0.717) is 0 Å². The Balaban J connectivity index is 2.20. The zero-order valence-electron chi connectivity index (χ0n) is 5.73. The highest BCUT2D eigenvalue weighted by molar-refractivity contribution is 7.80. The van der Waals surface area contributed by atoms with Crippen LogP contribution < -0.4 is 0 Å². The van der Waals surface area contributed by atoms with Crippen molar-refractivity contribution in [2.24, 2.45) is 0 Å². The van der Waals surface area contributed by atoms with Gasteiger partial charge in [-0.3, -0.25) is 0 Å².